The van der Waals surface area contributed by atoms with Crippen molar-refractivity contribution in [3.05, 3.63) is 100 Å². The number of carbonyl (C=O) groups excluding carboxylic acids is 2. The van der Waals surface area contributed by atoms with Crippen molar-refractivity contribution in [2.45, 2.75) is 12.5 Å². The normalized spacial score (nSPS) is 11.7. The molecule has 6 nitrogen and oxygen atoms in total. The van der Waals surface area contributed by atoms with E-state index in [9.17, 15) is 9.59 Å². The summed E-state index contributed by atoms with van der Waals surface area (Å²) in [5.41, 5.74) is 4.69. The van der Waals surface area contributed by atoms with Crippen molar-refractivity contribution in [2.24, 2.45) is 5.10 Å². The lowest BCUT2D eigenvalue weighted by Gasteiger charge is -2.18. The van der Waals surface area contributed by atoms with Crippen LogP contribution in [0.25, 0.3) is 0 Å². The molecule has 158 valence electrons. The number of nitrogens with one attached hydrogen (secondary N) is 2. The van der Waals surface area contributed by atoms with Crippen molar-refractivity contribution in [2.75, 3.05) is 7.11 Å². The second-order valence-electron chi connectivity index (χ2n) is 6.69. The van der Waals surface area contributed by atoms with Crippen LogP contribution in [0.3, 0.4) is 0 Å². The summed E-state index contributed by atoms with van der Waals surface area (Å²) in [5.74, 6) is 0.154. The molecular formula is C24H22BrN3O3. The van der Waals surface area contributed by atoms with Crippen LogP contribution >= 0.6 is 15.9 Å². The van der Waals surface area contributed by atoms with Crippen LogP contribution in [0, 0.1) is 0 Å². The highest BCUT2D eigenvalue weighted by Crippen LogP contribution is 2.24. The number of hydrazone groups is 1. The number of hydrogen-bond acceptors (Lipinski definition) is 4. The number of hydrogen-bond donors (Lipinski definition) is 2. The smallest absolute Gasteiger partial charge is 0.251 e. The number of ether oxygens (including phenoxy) is 1. The topological polar surface area (TPSA) is 79.8 Å². The van der Waals surface area contributed by atoms with Gasteiger partial charge >= 0.3 is 0 Å². The van der Waals surface area contributed by atoms with Crippen LogP contribution in [0.5, 0.6) is 5.75 Å². The summed E-state index contributed by atoms with van der Waals surface area (Å²) in [5, 5.41) is 6.96. The number of amides is 2. The molecule has 2 N–H and O–H groups in total. The molecule has 0 unspecified atom stereocenters. The highest BCUT2D eigenvalue weighted by molar-refractivity contribution is 9.10. The zero-order chi connectivity index (χ0) is 22.1. The Morgan fingerprint density at radius 1 is 1.03 bits per heavy atom. The summed E-state index contributed by atoms with van der Waals surface area (Å²) >= 11 is 3.41. The number of carbonyl (C=O) groups is 2. The lowest BCUT2D eigenvalue weighted by molar-refractivity contribution is -0.121. The van der Waals surface area contributed by atoms with Gasteiger partial charge in [-0.1, -0.05) is 48.5 Å². The molecule has 0 fully saturated rings. The zero-order valence-electron chi connectivity index (χ0n) is 16.9. The van der Waals surface area contributed by atoms with Crippen molar-refractivity contribution >= 4 is 34.0 Å². The fourth-order valence-electron chi connectivity index (χ4n) is 2.94. The fourth-order valence-corrected chi connectivity index (χ4v) is 3.50. The first-order valence-corrected chi connectivity index (χ1v) is 10.4. The summed E-state index contributed by atoms with van der Waals surface area (Å²) in [6.45, 7) is 0. The van der Waals surface area contributed by atoms with E-state index in [1.54, 1.807) is 43.7 Å². The molecule has 0 saturated heterocycles. The molecule has 0 aromatic heterocycles. The Bertz CT molecular complexity index is 1060. The van der Waals surface area contributed by atoms with Crippen LogP contribution in [-0.2, 0) is 4.79 Å². The molecule has 7 heteroatoms. The first kappa shape index (κ1) is 22.2. The molecule has 0 aliphatic heterocycles. The van der Waals surface area contributed by atoms with Gasteiger partial charge in [0.05, 0.1) is 30.3 Å². The standard InChI is InChI=1S/C24H22BrN3O3/c1-31-22-13-12-17(14-20(22)25)16-26-28-23(29)15-21(18-8-4-2-5-9-18)27-24(30)19-10-6-3-7-11-19/h2-14,16,21H,15H2,1H3,(H,27,30)(H,28,29)/b26-16-/t21-/m0/s1. The van der Waals surface area contributed by atoms with Crippen LogP contribution in [0.15, 0.2) is 88.4 Å². The molecule has 2 amide bonds. The highest BCUT2D eigenvalue weighted by atomic mass is 79.9. The van der Waals surface area contributed by atoms with E-state index in [-0.39, 0.29) is 18.2 Å². The average Bonchev–Trinajstić information content (AvgIpc) is 2.80. The third-order valence-corrected chi connectivity index (χ3v) is 5.13. The highest BCUT2D eigenvalue weighted by Gasteiger charge is 2.19. The minimum atomic E-state index is -0.487. The van der Waals surface area contributed by atoms with E-state index >= 15 is 0 Å². The molecule has 31 heavy (non-hydrogen) atoms. The Balaban J connectivity index is 1.65. The van der Waals surface area contributed by atoms with Crippen molar-refractivity contribution in [1.29, 1.82) is 0 Å². The van der Waals surface area contributed by atoms with Crippen LogP contribution in [0.1, 0.15) is 33.9 Å². The first-order valence-electron chi connectivity index (χ1n) is 9.63. The molecule has 3 rings (SSSR count). The average molecular weight is 480 g/mol. The van der Waals surface area contributed by atoms with E-state index in [2.05, 4.69) is 31.8 Å². The van der Waals surface area contributed by atoms with Gasteiger partial charge in [-0.15, -0.1) is 0 Å². The third kappa shape index (κ3) is 6.52. The van der Waals surface area contributed by atoms with Crippen LogP contribution in [0.2, 0.25) is 0 Å². The van der Waals surface area contributed by atoms with Gasteiger partial charge in [0.15, 0.2) is 0 Å². The van der Waals surface area contributed by atoms with Gasteiger partial charge in [0.25, 0.3) is 5.91 Å². The number of nitrogens with zero attached hydrogens (tertiary/aromatic N) is 1. The molecule has 0 spiro atoms. The van der Waals surface area contributed by atoms with Gasteiger partial charge in [-0.3, -0.25) is 9.59 Å². The Labute approximate surface area is 189 Å². The molecule has 0 aliphatic rings. The maximum Gasteiger partial charge on any atom is 0.251 e. The Morgan fingerprint density at radius 2 is 1.71 bits per heavy atom. The molecule has 0 bridgehead atoms. The van der Waals surface area contributed by atoms with Gasteiger partial charge < -0.3 is 10.1 Å². The number of halogens is 1. The van der Waals surface area contributed by atoms with Crippen molar-refractivity contribution < 1.29 is 14.3 Å². The van der Waals surface area contributed by atoms with Gasteiger partial charge in [-0.25, -0.2) is 5.43 Å². The van der Waals surface area contributed by atoms with Gasteiger partial charge in [0.2, 0.25) is 5.91 Å². The zero-order valence-corrected chi connectivity index (χ0v) is 18.5. The van der Waals surface area contributed by atoms with E-state index < -0.39 is 6.04 Å². The number of methoxy groups -OCH3 is 1. The van der Waals surface area contributed by atoms with E-state index in [1.165, 1.54) is 0 Å². The van der Waals surface area contributed by atoms with Gasteiger partial charge in [0.1, 0.15) is 5.75 Å². The molecule has 0 aliphatic carbocycles. The van der Waals surface area contributed by atoms with Crippen LogP contribution in [0.4, 0.5) is 0 Å². The minimum absolute atomic E-state index is 0.0479. The first-order chi connectivity index (χ1) is 15.1. The van der Waals surface area contributed by atoms with Gasteiger partial charge in [0, 0.05) is 5.56 Å². The second-order valence-corrected chi connectivity index (χ2v) is 7.55. The van der Waals surface area contributed by atoms with Crippen molar-refractivity contribution in [1.82, 2.24) is 10.7 Å². The van der Waals surface area contributed by atoms with Crippen LogP contribution < -0.4 is 15.5 Å². The largest absolute Gasteiger partial charge is 0.496 e. The molecular weight excluding hydrogens is 458 g/mol. The van der Waals surface area contributed by atoms with Gasteiger partial charge in [-0.2, -0.15) is 5.10 Å². The van der Waals surface area contributed by atoms with E-state index in [1.807, 2.05) is 48.5 Å². The summed E-state index contributed by atoms with van der Waals surface area (Å²) in [4.78, 5) is 25.1. The monoisotopic (exact) mass is 479 g/mol. The van der Waals surface area contributed by atoms with E-state index in [0.29, 0.717) is 11.3 Å². The molecule has 3 aromatic carbocycles. The van der Waals surface area contributed by atoms with Crippen molar-refractivity contribution in [3.8, 4) is 5.75 Å². The molecule has 0 radical (unpaired) electrons. The predicted molar refractivity (Wildman–Crippen MR) is 124 cm³/mol. The van der Waals surface area contributed by atoms with E-state index in [0.717, 1.165) is 15.6 Å². The number of rotatable bonds is 8. The summed E-state index contributed by atoms with van der Waals surface area (Å²) < 4.78 is 5.99. The quantitative estimate of drug-likeness (QED) is 0.369. The van der Waals surface area contributed by atoms with Gasteiger partial charge in [-0.05, 0) is 57.4 Å². The lowest BCUT2D eigenvalue weighted by atomic mass is 10.0. The lowest BCUT2D eigenvalue weighted by Crippen LogP contribution is -2.32. The summed E-state index contributed by atoms with van der Waals surface area (Å²) in [6.07, 6.45) is 1.59. The molecule has 1 atom stereocenters. The van der Waals surface area contributed by atoms with E-state index in [4.69, 9.17) is 4.74 Å². The predicted octanol–water partition coefficient (Wildman–Crippen LogP) is 4.47. The maximum atomic E-state index is 12.6. The van der Waals surface area contributed by atoms with Crippen molar-refractivity contribution in [3.63, 3.8) is 0 Å². The third-order valence-electron chi connectivity index (χ3n) is 4.51. The second kappa shape index (κ2) is 11.1. The number of benzene rings is 3. The molecule has 0 saturated carbocycles. The molecule has 0 heterocycles. The molecule has 3 aromatic rings. The van der Waals surface area contributed by atoms with Crippen LogP contribution in [-0.4, -0.2) is 25.1 Å². The minimum Gasteiger partial charge on any atom is -0.496 e. The SMILES string of the molecule is COc1ccc(/C=N\NC(=O)C[C@H](NC(=O)c2ccccc2)c2ccccc2)cc1Br. The Morgan fingerprint density at radius 3 is 2.35 bits per heavy atom. The summed E-state index contributed by atoms with van der Waals surface area (Å²) in [6, 6.07) is 23.3. The Kier molecular flexibility index (Phi) is 7.95. The Hall–Kier alpha value is -3.45. The summed E-state index contributed by atoms with van der Waals surface area (Å²) in [7, 11) is 1.59. The maximum absolute atomic E-state index is 12.6. The fraction of sp³-hybridized carbons (Fsp3) is 0.125.